The number of phenolic OH excluding ortho intramolecular Hbond substituents is 1. The smallest absolute Gasteiger partial charge is 0.342 e. The second kappa shape index (κ2) is 9.11. The van der Waals surface area contributed by atoms with Crippen LogP contribution >= 0.6 is 0 Å². The number of aliphatic hydroxyl groups excluding tert-OH is 2. The number of rotatable bonds is 7. The Morgan fingerprint density at radius 2 is 2.10 bits per heavy atom. The molecule has 8 nitrogen and oxygen atoms in total. The largest absolute Gasteiger partial charge is 0.507 e. The zero-order chi connectivity index (χ0) is 21.1. The predicted molar refractivity (Wildman–Crippen MR) is 105 cm³/mol. The minimum atomic E-state index is -1.57. The van der Waals surface area contributed by atoms with Gasteiger partial charge in [-0.05, 0) is 43.4 Å². The number of amides is 1. The molecule has 0 aliphatic carbocycles. The highest BCUT2D eigenvalue weighted by molar-refractivity contribution is 5.95. The van der Waals surface area contributed by atoms with Gasteiger partial charge in [0.15, 0.2) is 6.10 Å². The van der Waals surface area contributed by atoms with E-state index in [-0.39, 0.29) is 23.3 Å². The maximum atomic E-state index is 12.6. The van der Waals surface area contributed by atoms with E-state index in [4.69, 9.17) is 4.74 Å². The lowest BCUT2D eigenvalue weighted by molar-refractivity contribution is -0.138. The minimum Gasteiger partial charge on any atom is -0.507 e. The van der Waals surface area contributed by atoms with Crippen LogP contribution in [0.4, 0.5) is 0 Å². The zero-order valence-electron chi connectivity index (χ0n) is 16.8. The third kappa shape index (κ3) is 4.88. The highest BCUT2D eigenvalue weighted by Gasteiger charge is 2.38. The average Bonchev–Trinajstić information content (AvgIpc) is 3.20. The first kappa shape index (κ1) is 21.5. The summed E-state index contributed by atoms with van der Waals surface area (Å²) in [5, 5.41) is 36.4. The number of cyclic esters (lactones) is 1. The summed E-state index contributed by atoms with van der Waals surface area (Å²) in [7, 11) is 0. The van der Waals surface area contributed by atoms with Crippen molar-refractivity contribution < 1.29 is 29.6 Å². The van der Waals surface area contributed by atoms with E-state index in [1.165, 1.54) is 6.07 Å². The topological polar surface area (TPSA) is 128 Å². The predicted octanol–water partition coefficient (Wildman–Crippen LogP) is 0.478. The summed E-state index contributed by atoms with van der Waals surface area (Å²) in [5.41, 5.74) is 0.811. The van der Waals surface area contributed by atoms with Gasteiger partial charge in [-0.1, -0.05) is 26.0 Å². The third-order valence-corrected chi connectivity index (χ3v) is 5.62. The van der Waals surface area contributed by atoms with E-state index in [2.05, 4.69) is 10.6 Å². The Morgan fingerprint density at radius 3 is 2.76 bits per heavy atom. The van der Waals surface area contributed by atoms with E-state index < -0.39 is 36.2 Å². The Labute approximate surface area is 170 Å². The second-order valence-corrected chi connectivity index (χ2v) is 8.34. The molecule has 2 aliphatic heterocycles. The van der Waals surface area contributed by atoms with Gasteiger partial charge in [0.05, 0.1) is 6.04 Å². The number of hydrogen-bond donors (Lipinski definition) is 5. The van der Waals surface area contributed by atoms with Crippen molar-refractivity contribution in [3.8, 4) is 5.75 Å². The maximum Gasteiger partial charge on any atom is 0.342 e. The number of nitrogens with one attached hydrogen (secondary N) is 2. The van der Waals surface area contributed by atoms with E-state index in [0.717, 1.165) is 13.0 Å². The van der Waals surface area contributed by atoms with Gasteiger partial charge in [-0.3, -0.25) is 4.79 Å². The normalized spacial score (nSPS) is 24.5. The number of phenols is 1. The van der Waals surface area contributed by atoms with Crippen LogP contribution in [0.15, 0.2) is 18.2 Å². The van der Waals surface area contributed by atoms with Crippen molar-refractivity contribution in [2.24, 2.45) is 5.92 Å². The molecule has 2 heterocycles. The van der Waals surface area contributed by atoms with Gasteiger partial charge in [0.25, 0.3) is 5.91 Å². The fourth-order valence-electron chi connectivity index (χ4n) is 4.13. The zero-order valence-corrected chi connectivity index (χ0v) is 16.8. The van der Waals surface area contributed by atoms with E-state index in [0.29, 0.717) is 24.8 Å². The first-order valence-electron chi connectivity index (χ1n) is 10.2. The first-order valence-corrected chi connectivity index (χ1v) is 10.2. The van der Waals surface area contributed by atoms with E-state index in [9.17, 15) is 24.9 Å². The molecule has 8 heteroatoms. The first-order chi connectivity index (χ1) is 13.8. The van der Waals surface area contributed by atoms with Crippen molar-refractivity contribution in [2.75, 3.05) is 6.54 Å². The maximum absolute atomic E-state index is 12.6. The van der Waals surface area contributed by atoms with E-state index in [1.54, 1.807) is 12.1 Å². The molecule has 1 amide bonds. The molecule has 1 aromatic rings. The number of fused-ring (bicyclic) bond motifs is 1. The number of esters is 1. The average molecular weight is 406 g/mol. The van der Waals surface area contributed by atoms with Crippen LogP contribution in [0.25, 0.3) is 0 Å². The summed E-state index contributed by atoms with van der Waals surface area (Å²) >= 11 is 0. The molecule has 1 aromatic carbocycles. The van der Waals surface area contributed by atoms with E-state index >= 15 is 0 Å². The van der Waals surface area contributed by atoms with Crippen LogP contribution in [0.1, 0.15) is 49.0 Å². The van der Waals surface area contributed by atoms with Crippen LogP contribution < -0.4 is 10.6 Å². The molecular weight excluding hydrogens is 376 g/mol. The Bertz CT molecular complexity index is 747. The number of ether oxygens (including phenoxy) is 1. The molecule has 0 saturated carbocycles. The standard InChI is InChI=1S/C21H30N2O6/c1-11(2)9-14(23-20(27)19(26)18(25)13-6-4-8-22-13)16-10-12-5-3-7-15(24)17(12)21(28)29-16/h3,5,7,11,13-14,16,18-19,22,24-26H,4,6,8-10H2,1-2H3,(H,23,27). The van der Waals surface area contributed by atoms with Gasteiger partial charge >= 0.3 is 5.97 Å². The molecule has 2 aliphatic rings. The molecule has 0 radical (unpaired) electrons. The molecule has 29 heavy (non-hydrogen) atoms. The number of aromatic hydroxyl groups is 1. The van der Waals surface area contributed by atoms with Crippen molar-refractivity contribution in [1.29, 1.82) is 0 Å². The molecule has 1 fully saturated rings. The molecule has 1 saturated heterocycles. The van der Waals surface area contributed by atoms with Gasteiger partial charge in [0.1, 0.15) is 23.5 Å². The Hall–Kier alpha value is -2.16. The molecule has 0 bridgehead atoms. The van der Waals surface area contributed by atoms with Gasteiger partial charge < -0.3 is 30.7 Å². The summed E-state index contributed by atoms with van der Waals surface area (Å²) in [6.45, 7) is 4.71. The van der Waals surface area contributed by atoms with Gasteiger partial charge in [0.2, 0.25) is 0 Å². The van der Waals surface area contributed by atoms with Gasteiger partial charge in [-0.15, -0.1) is 0 Å². The number of carbonyl (C=O) groups is 2. The van der Waals surface area contributed by atoms with Crippen molar-refractivity contribution in [2.45, 2.75) is 69.9 Å². The molecule has 5 N–H and O–H groups in total. The van der Waals surface area contributed by atoms with Crippen LogP contribution in [-0.4, -0.2) is 64.1 Å². The van der Waals surface area contributed by atoms with Crippen molar-refractivity contribution >= 4 is 11.9 Å². The molecule has 160 valence electrons. The molecular formula is C21H30N2O6. The lowest BCUT2D eigenvalue weighted by atomic mass is 9.90. The summed E-state index contributed by atoms with van der Waals surface area (Å²) < 4.78 is 5.53. The second-order valence-electron chi connectivity index (χ2n) is 8.34. The lowest BCUT2D eigenvalue weighted by Gasteiger charge is -2.34. The molecule has 0 aromatic heterocycles. The van der Waals surface area contributed by atoms with Crippen molar-refractivity contribution in [1.82, 2.24) is 10.6 Å². The Balaban J connectivity index is 1.72. The number of hydrogen-bond acceptors (Lipinski definition) is 7. The van der Waals surface area contributed by atoms with Crippen LogP contribution in [0.3, 0.4) is 0 Å². The van der Waals surface area contributed by atoms with Gasteiger partial charge in [-0.25, -0.2) is 4.79 Å². The Kier molecular flexibility index (Phi) is 6.77. The third-order valence-electron chi connectivity index (χ3n) is 5.62. The summed E-state index contributed by atoms with van der Waals surface area (Å²) in [4.78, 5) is 25.0. The molecule has 3 rings (SSSR count). The number of carbonyl (C=O) groups excluding carboxylic acids is 2. The SMILES string of the molecule is CC(C)CC(NC(=O)C(O)C(O)C1CCCN1)C1Cc2cccc(O)c2C(=O)O1. The van der Waals surface area contributed by atoms with Crippen LogP contribution in [-0.2, 0) is 16.0 Å². The summed E-state index contributed by atoms with van der Waals surface area (Å²) in [6, 6.07) is 4.00. The van der Waals surface area contributed by atoms with Gasteiger partial charge in [0, 0.05) is 12.5 Å². The monoisotopic (exact) mass is 406 g/mol. The molecule has 5 atom stereocenters. The Morgan fingerprint density at radius 1 is 1.34 bits per heavy atom. The van der Waals surface area contributed by atoms with Crippen molar-refractivity contribution in [3.05, 3.63) is 29.3 Å². The molecule has 5 unspecified atom stereocenters. The van der Waals surface area contributed by atoms with Crippen LogP contribution in [0, 0.1) is 5.92 Å². The lowest BCUT2D eigenvalue weighted by Crippen LogP contribution is -2.55. The van der Waals surface area contributed by atoms with Crippen molar-refractivity contribution in [3.63, 3.8) is 0 Å². The van der Waals surface area contributed by atoms with Crippen LogP contribution in [0.5, 0.6) is 5.75 Å². The highest BCUT2D eigenvalue weighted by atomic mass is 16.5. The van der Waals surface area contributed by atoms with Crippen LogP contribution in [0.2, 0.25) is 0 Å². The number of aliphatic hydroxyl groups is 2. The quantitative estimate of drug-likeness (QED) is 0.417. The number of benzene rings is 1. The minimum absolute atomic E-state index is 0.127. The van der Waals surface area contributed by atoms with Gasteiger partial charge in [-0.2, -0.15) is 0 Å². The fourth-order valence-corrected chi connectivity index (χ4v) is 4.13. The highest BCUT2D eigenvalue weighted by Crippen LogP contribution is 2.30. The van der Waals surface area contributed by atoms with E-state index in [1.807, 2.05) is 13.8 Å². The summed E-state index contributed by atoms with van der Waals surface area (Å²) in [5.74, 6) is -1.25. The summed E-state index contributed by atoms with van der Waals surface area (Å²) in [6.07, 6.45) is -0.951. The molecule has 0 spiro atoms. The fraction of sp³-hybridized carbons (Fsp3) is 0.619.